The van der Waals surface area contributed by atoms with Crippen LogP contribution < -0.4 is 5.73 Å². The van der Waals surface area contributed by atoms with E-state index in [2.05, 4.69) is 0 Å². The highest BCUT2D eigenvalue weighted by Crippen LogP contribution is 2.26. The molecule has 0 fully saturated rings. The van der Waals surface area contributed by atoms with Crippen molar-refractivity contribution in [3.05, 3.63) is 33.8 Å². The van der Waals surface area contributed by atoms with Gasteiger partial charge in [0, 0.05) is 0 Å². The average molecular weight is 220 g/mol. The number of nitrogens with two attached hydrogens (primary N) is 1. The van der Waals surface area contributed by atoms with Gasteiger partial charge in [0.1, 0.15) is 0 Å². The Bertz CT molecular complexity index is 291. The molecule has 0 aromatic heterocycles. The van der Waals surface area contributed by atoms with Crippen LogP contribution in [0.3, 0.4) is 0 Å². The van der Waals surface area contributed by atoms with Gasteiger partial charge < -0.3 is 10.8 Å². The van der Waals surface area contributed by atoms with E-state index in [-0.39, 0.29) is 0 Å². The molecule has 0 radical (unpaired) electrons. The SMILES string of the molecule is NCC[C@@H](O)c1ccc(Cl)c(Cl)c1. The van der Waals surface area contributed by atoms with Gasteiger partial charge in [0.2, 0.25) is 0 Å². The molecule has 0 unspecified atom stereocenters. The van der Waals surface area contributed by atoms with Crippen LogP contribution in [0.5, 0.6) is 0 Å². The highest BCUT2D eigenvalue weighted by Gasteiger charge is 2.07. The van der Waals surface area contributed by atoms with E-state index in [0.29, 0.717) is 23.0 Å². The highest BCUT2D eigenvalue weighted by atomic mass is 35.5. The van der Waals surface area contributed by atoms with Crippen LogP contribution in [-0.4, -0.2) is 11.7 Å². The number of rotatable bonds is 3. The second kappa shape index (κ2) is 4.82. The fourth-order valence-corrected chi connectivity index (χ4v) is 1.35. The van der Waals surface area contributed by atoms with E-state index in [9.17, 15) is 5.11 Å². The predicted octanol–water partition coefficient (Wildman–Crippen LogP) is 2.38. The number of halogens is 2. The molecule has 1 aromatic carbocycles. The Morgan fingerprint density at radius 2 is 2.00 bits per heavy atom. The lowest BCUT2D eigenvalue weighted by Crippen LogP contribution is -2.06. The maximum atomic E-state index is 9.55. The average Bonchev–Trinajstić information content (AvgIpc) is 2.10. The van der Waals surface area contributed by atoms with Crippen LogP contribution in [0, 0.1) is 0 Å². The summed E-state index contributed by atoms with van der Waals surface area (Å²) in [5.74, 6) is 0. The lowest BCUT2D eigenvalue weighted by molar-refractivity contribution is 0.170. The molecule has 0 saturated carbocycles. The van der Waals surface area contributed by atoms with Crippen molar-refractivity contribution in [2.45, 2.75) is 12.5 Å². The minimum absolute atomic E-state index is 0.446. The summed E-state index contributed by atoms with van der Waals surface area (Å²) in [5, 5.41) is 10.5. The van der Waals surface area contributed by atoms with E-state index in [1.807, 2.05) is 0 Å². The minimum atomic E-state index is -0.556. The van der Waals surface area contributed by atoms with E-state index in [4.69, 9.17) is 28.9 Å². The van der Waals surface area contributed by atoms with E-state index < -0.39 is 6.10 Å². The van der Waals surface area contributed by atoms with Gasteiger partial charge in [-0.05, 0) is 30.7 Å². The zero-order valence-electron chi connectivity index (χ0n) is 7.00. The Kier molecular flexibility index (Phi) is 4.00. The van der Waals surface area contributed by atoms with Gasteiger partial charge in [-0.3, -0.25) is 0 Å². The van der Waals surface area contributed by atoms with Crippen LogP contribution in [0.15, 0.2) is 18.2 Å². The van der Waals surface area contributed by atoms with Gasteiger partial charge in [-0.2, -0.15) is 0 Å². The summed E-state index contributed by atoms with van der Waals surface area (Å²) in [7, 11) is 0. The lowest BCUT2D eigenvalue weighted by Gasteiger charge is -2.09. The predicted molar refractivity (Wildman–Crippen MR) is 55.1 cm³/mol. The minimum Gasteiger partial charge on any atom is -0.388 e. The third-order valence-electron chi connectivity index (χ3n) is 1.77. The van der Waals surface area contributed by atoms with Crippen molar-refractivity contribution >= 4 is 23.2 Å². The van der Waals surface area contributed by atoms with Crippen molar-refractivity contribution < 1.29 is 5.11 Å². The summed E-state index contributed by atoms with van der Waals surface area (Å²) >= 11 is 11.5. The molecule has 3 N–H and O–H groups in total. The Hall–Kier alpha value is -0.280. The van der Waals surface area contributed by atoms with Crippen LogP contribution in [-0.2, 0) is 0 Å². The Morgan fingerprint density at radius 3 is 2.54 bits per heavy atom. The monoisotopic (exact) mass is 219 g/mol. The lowest BCUT2D eigenvalue weighted by atomic mass is 10.1. The molecule has 1 atom stereocenters. The summed E-state index contributed by atoms with van der Waals surface area (Å²) in [6, 6.07) is 5.07. The van der Waals surface area contributed by atoms with Gasteiger partial charge in [0.25, 0.3) is 0 Å². The first-order valence-electron chi connectivity index (χ1n) is 3.98. The van der Waals surface area contributed by atoms with Crippen LogP contribution in [0.2, 0.25) is 10.0 Å². The summed E-state index contributed by atoms with van der Waals surface area (Å²) in [6.07, 6.45) is -0.0300. The Balaban J connectivity index is 2.84. The van der Waals surface area contributed by atoms with Crippen LogP contribution in [0.25, 0.3) is 0 Å². The van der Waals surface area contributed by atoms with Crippen molar-refractivity contribution in [1.29, 1.82) is 0 Å². The van der Waals surface area contributed by atoms with Crippen molar-refractivity contribution in [2.24, 2.45) is 5.73 Å². The van der Waals surface area contributed by atoms with Gasteiger partial charge >= 0.3 is 0 Å². The zero-order chi connectivity index (χ0) is 9.84. The Labute approximate surface area is 87.3 Å². The smallest absolute Gasteiger partial charge is 0.0802 e. The second-order valence-corrected chi connectivity index (χ2v) is 3.58. The zero-order valence-corrected chi connectivity index (χ0v) is 8.52. The van der Waals surface area contributed by atoms with E-state index in [1.54, 1.807) is 18.2 Å². The molecule has 0 heterocycles. The first-order valence-corrected chi connectivity index (χ1v) is 4.74. The molecule has 0 bridgehead atoms. The number of benzene rings is 1. The van der Waals surface area contributed by atoms with Crippen molar-refractivity contribution in [1.82, 2.24) is 0 Å². The van der Waals surface area contributed by atoms with Crippen LogP contribution in [0.1, 0.15) is 18.1 Å². The van der Waals surface area contributed by atoms with E-state index in [0.717, 1.165) is 5.56 Å². The van der Waals surface area contributed by atoms with Gasteiger partial charge in [-0.25, -0.2) is 0 Å². The number of aliphatic hydroxyl groups excluding tert-OH is 1. The molecule has 1 aromatic rings. The second-order valence-electron chi connectivity index (χ2n) is 2.77. The van der Waals surface area contributed by atoms with Crippen molar-refractivity contribution in [3.8, 4) is 0 Å². The standard InChI is InChI=1S/C9H11Cl2NO/c10-7-2-1-6(5-8(7)11)9(13)3-4-12/h1-2,5,9,13H,3-4,12H2/t9-/m1/s1. The quantitative estimate of drug-likeness (QED) is 0.821. The fraction of sp³-hybridized carbons (Fsp3) is 0.333. The number of aliphatic hydroxyl groups is 1. The molecule has 0 aliphatic rings. The highest BCUT2D eigenvalue weighted by molar-refractivity contribution is 6.42. The maximum absolute atomic E-state index is 9.55. The molecule has 2 nitrogen and oxygen atoms in total. The van der Waals surface area contributed by atoms with Gasteiger partial charge in [-0.1, -0.05) is 29.3 Å². The van der Waals surface area contributed by atoms with Crippen LogP contribution >= 0.6 is 23.2 Å². The molecule has 0 saturated heterocycles. The summed E-state index contributed by atoms with van der Waals surface area (Å²) in [5.41, 5.74) is 6.07. The van der Waals surface area contributed by atoms with Crippen LogP contribution in [0.4, 0.5) is 0 Å². The van der Waals surface area contributed by atoms with Gasteiger partial charge in [-0.15, -0.1) is 0 Å². The number of hydrogen-bond donors (Lipinski definition) is 2. The molecule has 4 heteroatoms. The van der Waals surface area contributed by atoms with E-state index in [1.165, 1.54) is 0 Å². The number of hydrogen-bond acceptors (Lipinski definition) is 2. The van der Waals surface area contributed by atoms with Crippen molar-refractivity contribution in [3.63, 3.8) is 0 Å². The normalized spacial score (nSPS) is 12.9. The fourth-order valence-electron chi connectivity index (χ4n) is 1.04. The molecule has 0 spiro atoms. The molecule has 0 aliphatic heterocycles. The molecule has 1 rings (SSSR count). The third-order valence-corrected chi connectivity index (χ3v) is 2.51. The summed E-state index contributed by atoms with van der Waals surface area (Å²) < 4.78 is 0. The van der Waals surface area contributed by atoms with E-state index >= 15 is 0 Å². The van der Waals surface area contributed by atoms with Crippen molar-refractivity contribution in [2.75, 3.05) is 6.54 Å². The molecule has 0 amide bonds. The molecule has 0 aliphatic carbocycles. The topological polar surface area (TPSA) is 46.2 Å². The summed E-state index contributed by atoms with van der Waals surface area (Å²) in [4.78, 5) is 0. The largest absolute Gasteiger partial charge is 0.388 e. The van der Waals surface area contributed by atoms with Gasteiger partial charge in [0.15, 0.2) is 0 Å². The third kappa shape index (κ3) is 2.85. The molecule has 72 valence electrons. The molecular weight excluding hydrogens is 209 g/mol. The maximum Gasteiger partial charge on any atom is 0.0802 e. The van der Waals surface area contributed by atoms with Gasteiger partial charge in [0.05, 0.1) is 16.1 Å². The molecule has 13 heavy (non-hydrogen) atoms. The first kappa shape index (κ1) is 10.8. The summed E-state index contributed by atoms with van der Waals surface area (Å²) in [6.45, 7) is 0.446. The molecular formula is C9H11Cl2NO. The first-order chi connectivity index (χ1) is 6.15. The Morgan fingerprint density at radius 1 is 1.31 bits per heavy atom.